The van der Waals surface area contributed by atoms with Crippen LogP contribution in [-0.2, 0) is 13.1 Å². The van der Waals surface area contributed by atoms with E-state index in [0.29, 0.717) is 6.54 Å². The van der Waals surface area contributed by atoms with Gasteiger partial charge in [0.2, 0.25) is 5.88 Å². The third-order valence-corrected chi connectivity index (χ3v) is 5.01. The predicted octanol–water partition coefficient (Wildman–Crippen LogP) is 4.46. The van der Waals surface area contributed by atoms with Gasteiger partial charge in [0, 0.05) is 48.1 Å². The highest BCUT2D eigenvalue weighted by molar-refractivity contribution is 5.86. The minimum absolute atomic E-state index is 0.0169. The van der Waals surface area contributed by atoms with Gasteiger partial charge >= 0.3 is 0 Å². The summed E-state index contributed by atoms with van der Waals surface area (Å²) in [7, 11) is 0. The first-order valence-electron chi connectivity index (χ1n) is 9.24. The van der Waals surface area contributed by atoms with Crippen LogP contribution in [0.2, 0.25) is 0 Å². The average Bonchev–Trinajstić information content (AvgIpc) is 3.37. The van der Waals surface area contributed by atoms with Crippen LogP contribution in [-0.4, -0.2) is 29.3 Å². The Hall–Kier alpha value is -3.15. The first-order valence-corrected chi connectivity index (χ1v) is 9.24. The third kappa shape index (κ3) is 3.07. The third-order valence-electron chi connectivity index (χ3n) is 5.01. The van der Waals surface area contributed by atoms with Crippen molar-refractivity contribution >= 4 is 10.9 Å². The summed E-state index contributed by atoms with van der Waals surface area (Å²) in [5.41, 5.74) is 3.72. The molecule has 0 saturated heterocycles. The Morgan fingerprint density at radius 3 is 2.74 bits per heavy atom. The number of rotatable bonds is 6. The van der Waals surface area contributed by atoms with E-state index in [0.717, 1.165) is 40.7 Å². The van der Waals surface area contributed by atoms with Crippen LogP contribution >= 0.6 is 0 Å². The molecule has 0 amide bonds. The highest BCUT2D eigenvalue weighted by Crippen LogP contribution is 2.45. The van der Waals surface area contributed by atoms with Crippen molar-refractivity contribution in [2.75, 3.05) is 0 Å². The summed E-state index contributed by atoms with van der Waals surface area (Å²) < 4.78 is 3.84. The van der Waals surface area contributed by atoms with Gasteiger partial charge in [0.05, 0.1) is 12.0 Å². The molecule has 0 aliphatic heterocycles. The average molecular weight is 364 g/mol. The Bertz CT molecular complexity index is 1060. The van der Waals surface area contributed by atoms with Crippen molar-refractivity contribution in [3.8, 4) is 22.9 Å². The molecule has 3 heterocycles. The van der Waals surface area contributed by atoms with Gasteiger partial charge in [0.15, 0.2) is 5.75 Å². The van der Waals surface area contributed by atoms with Crippen molar-refractivity contribution in [1.82, 2.24) is 19.1 Å². The van der Waals surface area contributed by atoms with Crippen molar-refractivity contribution in [3.05, 3.63) is 54.7 Å². The van der Waals surface area contributed by atoms with Crippen LogP contribution in [0.15, 0.2) is 49.2 Å². The lowest BCUT2D eigenvalue weighted by atomic mass is 9.97. The van der Waals surface area contributed by atoms with Crippen molar-refractivity contribution in [2.24, 2.45) is 0 Å². The Labute approximate surface area is 157 Å². The molecule has 3 N–H and O–H groups in total. The first-order chi connectivity index (χ1) is 13.1. The van der Waals surface area contributed by atoms with E-state index in [2.05, 4.69) is 16.0 Å². The summed E-state index contributed by atoms with van der Waals surface area (Å²) >= 11 is 0. The van der Waals surface area contributed by atoms with Crippen LogP contribution < -0.4 is 0 Å². The van der Waals surface area contributed by atoms with E-state index in [9.17, 15) is 10.2 Å². The molecule has 0 aliphatic carbocycles. The number of hydrogen-bond acceptors (Lipinski definition) is 3. The minimum Gasteiger partial charge on any atom is -0.503 e. The van der Waals surface area contributed by atoms with Crippen LogP contribution in [0.3, 0.4) is 0 Å². The van der Waals surface area contributed by atoms with Gasteiger partial charge in [-0.1, -0.05) is 19.9 Å². The molecule has 27 heavy (non-hydrogen) atoms. The summed E-state index contributed by atoms with van der Waals surface area (Å²) in [5, 5.41) is 22.3. The molecule has 3 aromatic heterocycles. The highest BCUT2D eigenvalue weighted by atomic mass is 16.3. The number of aryl methyl sites for hydroxylation is 1. The Morgan fingerprint density at radius 2 is 2.00 bits per heavy atom. The van der Waals surface area contributed by atoms with Gasteiger partial charge < -0.3 is 24.3 Å². The number of nitrogens with zero attached hydrogens (tertiary/aromatic N) is 3. The molecule has 6 nitrogen and oxygen atoms in total. The van der Waals surface area contributed by atoms with Gasteiger partial charge in [-0.15, -0.1) is 0 Å². The van der Waals surface area contributed by atoms with Gasteiger partial charge in [0.1, 0.15) is 0 Å². The van der Waals surface area contributed by atoms with E-state index in [1.807, 2.05) is 53.6 Å². The summed E-state index contributed by atoms with van der Waals surface area (Å²) in [4.78, 5) is 7.26. The Kier molecular flexibility index (Phi) is 4.39. The van der Waals surface area contributed by atoms with Crippen LogP contribution in [0.5, 0.6) is 11.6 Å². The maximum absolute atomic E-state index is 10.6. The maximum atomic E-state index is 10.6. The predicted molar refractivity (Wildman–Crippen MR) is 106 cm³/mol. The number of H-pyrrole nitrogens is 1. The topological polar surface area (TPSA) is 79.0 Å². The molecule has 1 aromatic carbocycles. The number of imidazole rings is 1. The van der Waals surface area contributed by atoms with Crippen molar-refractivity contribution < 1.29 is 10.2 Å². The van der Waals surface area contributed by atoms with Gasteiger partial charge in [-0.2, -0.15) is 0 Å². The molecule has 0 spiro atoms. The molecule has 4 rings (SSSR count). The van der Waals surface area contributed by atoms with E-state index in [1.54, 1.807) is 12.5 Å². The molecule has 0 bridgehead atoms. The number of aromatic nitrogens is 4. The largest absolute Gasteiger partial charge is 0.503 e. The second-order valence-corrected chi connectivity index (χ2v) is 7.17. The smallest absolute Gasteiger partial charge is 0.235 e. The number of aromatic hydroxyl groups is 2. The molecule has 4 aromatic rings. The molecule has 6 heteroatoms. The monoisotopic (exact) mass is 364 g/mol. The first kappa shape index (κ1) is 17.3. The number of hydrogen-bond donors (Lipinski definition) is 3. The molecule has 0 atom stereocenters. The second-order valence-electron chi connectivity index (χ2n) is 7.17. The van der Waals surface area contributed by atoms with Crippen LogP contribution in [0.4, 0.5) is 0 Å². The fourth-order valence-corrected chi connectivity index (χ4v) is 3.72. The Balaban J connectivity index is 1.76. The molecule has 0 radical (unpaired) electrons. The van der Waals surface area contributed by atoms with E-state index < -0.39 is 0 Å². The number of fused-ring (bicyclic) bond motifs is 1. The fraction of sp³-hybridized carbons (Fsp3) is 0.286. The summed E-state index contributed by atoms with van der Waals surface area (Å²) in [6, 6.07) is 8.19. The van der Waals surface area contributed by atoms with Crippen molar-refractivity contribution in [3.63, 3.8) is 0 Å². The summed E-state index contributed by atoms with van der Waals surface area (Å²) in [6.45, 7) is 5.46. The van der Waals surface area contributed by atoms with Gasteiger partial charge in [-0.25, -0.2) is 4.98 Å². The zero-order valence-electron chi connectivity index (χ0n) is 15.6. The Morgan fingerprint density at radius 1 is 1.15 bits per heavy atom. The second kappa shape index (κ2) is 6.87. The molecule has 140 valence electrons. The lowest BCUT2D eigenvalue weighted by molar-refractivity contribution is 0.366. The standard InChI is InChI=1S/C21H24N4O2/c1-14(2)18-19(16-4-5-17-15(12-16)6-7-23-17)25(21(27)20(18)26)10-3-9-24-11-8-22-13-24/h4-8,11-14,23,26-27H,3,9-10H2,1-2H3. The number of nitrogens with one attached hydrogen (secondary N) is 1. The SMILES string of the molecule is CC(C)c1c(O)c(O)n(CCCn2ccnc2)c1-c1ccc2[nH]ccc2c1. The summed E-state index contributed by atoms with van der Waals surface area (Å²) in [5.74, 6) is 0.00742. The van der Waals surface area contributed by atoms with Crippen LogP contribution in [0, 0.1) is 0 Å². The molecular weight excluding hydrogens is 340 g/mol. The van der Waals surface area contributed by atoms with Crippen LogP contribution in [0.1, 0.15) is 31.7 Å². The number of benzene rings is 1. The zero-order chi connectivity index (χ0) is 19.0. The van der Waals surface area contributed by atoms with Crippen molar-refractivity contribution in [2.45, 2.75) is 39.3 Å². The van der Waals surface area contributed by atoms with E-state index in [4.69, 9.17) is 0 Å². The molecule has 0 aliphatic rings. The molecule has 0 unspecified atom stereocenters. The van der Waals surface area contributed by atoms with E-state index in [-0.39, 0.29) is 17.5 Å². The fourth-order valence-electron chi connectivity index (χ4n) is 3.72. The zero-order valence-corrected chi connectivity index (χ0v) is 15.6. The quantitative estimate of drug-likeness (QED) is 0.473. The highest BCUT2D eigenvalue weighted by Gasteiger charge is 2.25. The normalized spacial score (nSPS) is 11.7. The molecule has 0 saturated carbocycles. The van der Waals surface area contributed by atoms with Gasteiger partial charge in [0.25, 0.3) is 0 Å². The van der Waals surface area contributed by atoms with Crippen molar-refractivity contribution in [1.29, 1.82) is 0 Å². The minimum atomic E-state index is -0.0616. The van der Waals surface area contributed by atoms with E-state index >= 15 is 0 Å². The maximum Gasteiger partial charge on any atom is 0.235 e. The van der Waals surface area contributed by atoms with Crippen LogP contribution in [0.25, 0.3) is 22.2 Å². The number of aromatic amines is 1. The van der Waals surface area contributed by atoms with E-state index in [1.165, 1.54) is 0 Å². The lowest BCUT2D eigenvalue weighted by Gasteiger charge is -2.14. The lowest BCUT2D eigenvalue weighted by Crippen LogP contribution is -2.05. The van der Waals surface area contributed by atoms with Gasteiger partial charge in [-0.3, -0.25) is 0 Å². The summed E-state index contributed by atoms with van der Waals surface area (Å²) in [6.07, 6.45) is 8.19. The molecule has 0 fully saturated rings. The van der Waals surface area contributed by atoms with Gasteiger partial charge in [-0.05, 0) is 36.1 Å². The molecular formula is C21H24N4O2.